The topological polar surface area (TPSA) is 46.2 Å². The van der Waals surface area contributed by atoms with E-state index in [1.807, 2.05) is 0 Å². The smallest absolute Gasteiger partial charge is 0.154 e. The molecular formula is C14H25NO2S. The van der Waals surface area contributed by atoms with Crippen molar-refractivity contribution < 1.29 is 8.42 Å². The van der Waals surface area contributed by atoms with Gasteiger partial charge in [-0.05, 0) is 51.0 Å². The zero-order chi connectivity index (χ0) is 13.2. The molecule has 3 atom stereocenters. The van der Waals surface area contributed by atoms with Crippen LogP contribution >= 0.6 is 0 Å². The minimum Gasteiger partial charge on any atom is -0.315 e. The average Bonchev–Trinajstić information content (AvgIpc) is 2.57. The Balaban J connectivity index is 1.75. The average molecular weight is 271 g/mol. The van der Waals surface area contributed by atoms with Crippen molar-refractivity contribution in [2.24, 2.45) is 11.8 Å². The summed E-state index contributed by atoms with van der Waals surface area (Å²) in [6.07, 6.45) is 6.43. The van der Waals surface area contributed by atoms with Gasteiger partial charge >= 0.3 is 0 Å². The lowest BCUT2D eigenvalue weighted by Crippen LogP contribution is -2.34. The molecule has 18 heavy (non-hydrogen) atoms. The van der Waals surface area contributed by atoms with Crippen LogP contribution in [0, 0.1) is 11.8 Å². The summed E-state index contributed by atoms with van der Waals surface area (Å²) in [5.41, 5.74) is 1.48. The Labute approximate surface area is 111 Å². The van der Waals surface area contributed by atoms with Crippen LogP contribution in [-0.4, -0.2) is 32.5 Å². The van der Waals surface area contributed by atoms with Crippen molar-refractivity contribution in [1.82, 2.24) is 5.32 Å². The zero-order valence-electron chi connectivity index (χ0n) is 11.5. The zero-order valence-corrected chi connectivity index (χ0v) is 12.3. The third kappa shape index (κ3) is 3.58. The van der Waals surface area contributed by atoms with Crippen LogP contribution in [-0.2, 0) is 9.84 Å². The number of sulfone groups is 1. The van der Waals surface area contributed by atoms with Gasteiger partial charge in [0.05, 0.1) is 11.0 Å². The maximum atomic E-state index is 11.7. The highest BCUT2D eigenvalue weighted by atomic mass is 32.2. The van der Waals surface area contributed by atoms with Gasteiger partial charge < -0.3 is 5.32 Å². The van der Waals surface area contributed by atoms with Crippen LogP contribution < -0.4 is 5.32 Å². The van der Waals surface area contributed by atoms with Crippen molar-refractivity contribution in [3.63, 3.8) is 0 Å². The molecule has 0 aromatic heterocycles. The van der Waals surface area contributed by atoms with Crippen LogP contribution in [0.25, 0.3) is 0 Å². The fourth-order valence-electron chi connectivity index (χ4n) is 3.38. The van der Waals surface area contributed by atoms with Crippen LogP contribution in [0.2, 0.25) is 0 Å². The normalized spacial score (nSPS) is 35.4. The van der Waals surface area contributed by atoms with Crippen LogP contribution in [0.4, 0.5) is 0 Å². The highest BCUT2D eigenvalue weighted by molar-refractivity contribution is 7.92. The van der Waals surface area contributed by atoms with E-state index >= 15 is 0 Å². The Bertz CT molecular complexity index is 414. The fraction of sp³-hybridized carbons (Fsp3) is 0.857. The second-order valence-electron chi connectivity index (χ2n) is 6.09. The molecule has 0 saturated carbocycles. The van der Waals surface area contributed by atoms with Crippen molar-refractivity contribution in [1.29, 1.82) is 0 Å². The molecule has 0 aromatic rings. The third-order valence-corrected chi connectivity index (χ3v) is 6.43. The summed E-state index contributed by atoms with van der Waals surface area (Å²) in [5.74, 6) is 1.73. The van der Waals surface area contributed by atoms with Crippen molar-refractivity contribution in [3.8, 4) is 0 Å². The summed E-state index contributed by atoms with van der Waals surface area (Å²) in [7, 11) is -2.79. The highest BCUT2D eigenvalue weighted by Crippen LogP contribution is 2.27. The van der Waals surface area contributed by atoms with Gasteiger partial charge in [0.25, 0.3) is 0 Å². The van der Waals surface area contributed by atoms with Crippen molar-refractivity contribution in [2.75, 3.05) is 18.8 Å². The maximum absolute atomic E-state index is 11.7. The van der Waals surface area contributed by atoms with E-state index in [-0.39, 0.29) is 5.25 Å². The number of rotatable bonds is 4. The van der Waals surface area contributed by atoms with Gasteiger partial charge in [0.1, 0.15) is 0 Å². The Morgan fingerprint density at radius 3 is 2.78 bits per heavy atom. The van der Waals surface area contributed by atoms with Gasteiger partial charge in [-0.2, -0.15) is 0 Å². The van der Waals surface area contributed by atoms with Gasteiger partial charge in [-0.15, -0.1) is 0 Å². The summed E-state index contributed by atoms with van der Waals surface area (Å²) in [5, 5.41) is 3.26. The SMILES string of the molecule is CC1=CC(C)CC(CNCC2CCCS2(=O)=O)C1. The van der Waals surface area contributed by atoms with Crippen molar-refractivity contribution in [3.05, 3.63) is 11.6 Å². The van der Waals surface area contributed by atoms with E-state index in [2.05, 4.69) is 25.2 Å². The van der Waals surface area contributed by atoms with E-state index in [1.165, 1.54) is 12.0 Å². The van der Waals surface area contributed by atoms with Gasteiger partial charge in [0.2, 0.25) is 0 Å². The van der Waals surface area contributed by atoms with Gasteiger partial charge in [0, 0.05) is 6.54 Å². The first-order chi connectivity index (χ1) is 8.47. The summed E-state index contributed by atoms with van der Waals surface area (Å²) in [6.45, 7) is 6.07. The van der Waals surface area contributed by atoms with E-state index in [0.29, 0.717) is 24.1 Å². The maximum Gasteiger partial charge on any atom is 0.154 e. The predicted octanol–water partition coefficient (Wildman–Crippen LogP) is 2.15. The molecule has 4 heteroatoms. The Kier molecular flexibility index (Phi) is 4.49. The summed E-state index contributed by atoms with van der Waals surface area (Å²) < 4.78 is 23.4. The molecule has 1 N–H and O–H groups in total. The number of allylic oxidation sites excluding steroid dienone is 2. The minimum atomic E-state index is -2.79. The van der Waals surface area contributed by atoms with Crippen LogP contribution in [0.15, 0.2) is 11.6 Å². The molecule has 1 heterocycles. The quantitative estimate of drug-likeness (QED) is 0.797. The molecule has 0 spiro atoms. The highest BCUT2D eigenvalue weighted by Gasteiger charge is 2.30. The van der Waals surface area contributed by atoms with Crippen molar-refractivity contribution >= 4 is 9.84 Å². The predicted molar refractivity (Wildman–Crippen MR) is 75.3 cm³/mol. The minimum absolute atomic E-state index is 0.129. The number of hydrogen-bond acceptors (Lipinski definition) is 3. The molecule has 1 saturated heterocycles. The largest absolute Gasteiger partial charge is 0.315 e. The molecule has 0 amide bonds. The van der Waals surface area contributed by atoms with E-state index in [1.54, 1.807) is 0 Å². The molecule has 104 valence electrons. The fourth-order valence-corrected chi connectivity index (χ4v) is 5.18. The molecule has 1 aliphatic heterocycles. The summed E-state index contributed by atoms with van der Waals surface area (Å²) in [6, 6.07) is 0. The molecule has 0 bridgehead atoms. The number of nitrogens with one attached hydrogen (secondary N) is 1. The standard InChI is InChI=1S/C14H25NO2S/c1-11-6-12(2)8-13(7-11)9-15-10-14-4-3-5-18(14,16)17/h6,11,13-15H,3-5,7-10H2,1-2H3. The van der Waals surface area contributed by atoms with Crippen molar-refractivity contribution in [2.45, 2.75) is 44.8 Å². The first-order valence-electron chi connectivity index (χ1n) is 7.07. The van der Waals surface area contributed by atoms with Gasteiger partial charge in [-0.3, -0.25) is 0 Å². The van der Waals surface area contributed by atoms with E-state index < -0.39 is 9.84 Å². The molecule has 2 rings (SSSR count). The molecular weight excluding hydrogens is 246 g/mol. The second-order valence-corrected chi connectivity index (χ2v) is 8.49. The summed E-state index contributed by atoms with van der Waals surface area (Å²) >= 11 is 0. The first-order valence-corrected chi connectivity index (χ1v) is 8.78. The monoisotopic (exact) mass is 271 g/mol. The lowest BCUT2D eigenvalue weighted by Gasteiger charge is -2.26. The van der Waals surface area contributed by atoms with Gasteiger partial charge in [-0.25, -0.2) is 8.42 Å². The first kappa shape index (κ1) is 14.1. The Hall–Kier alpha value is -0.350. The van der Waals surface area contributed by atoms with Crippen LogP contribution in [0.5, 0.6) is 0 Å². The molecule has 3 nitrogen and oxygen atoms in total. The molecule has 2 aliphatic rings. The second kappa shape index (κ2) is 5.74. The van der Waals surface area contributed by atoms with Gasteiger partial charge in [-0.1, -0.05) is 18.6 Å². The summed E-state index contributed by atoms with van der Waals surface area (Å²) in [4.78, 5) is 0. The molecule has 1 aliphatic carbocycles. The molecule has 0 radical (unpaired) electrons. The van der Waals surface area contributed by atoms with Crippen LogP contribution in [0.3, 0.4) is 0 Å². The molecule has 3 unspecified atom stereocenters. The molecule has 1 fully saturated rings. The Morgan fingerprint density at radius 1 is 1.39 bits per heavy atom. The molecule has 0 aromatic carbocycles. The lowest BCUT2D eigenvalue weighted by atomic mass is 9.84. The van der Waals surface area contributed by atoms with Gasteiger partial charge in [0.15, 0.2) is 9.84 Å². The van der Waals surface area contributed by atoms with Crippen LogP contribution in [0.1, 0.15) is 39.5 Å². The third-order valence-electron chi connectivity index (χ3n) is 4.15. The number of hydrogen-bond donors (Lipinski definition) is 1. The van der Waals surface area contributed by atoms with E-state index in [4.69, 9.17) is 0 Å². The van der Waals surface area contributed by atoms with E-state index in [0.717, 1.165) is 25.8 Å². The Morgan fingerprint density at radius 2 is 2.17 bits per heavy atom. The van der Waals surface area contributed by atoms with E-state index in [9.17, 15) is 8.42 Å². The lowest BCUT2D eigenvalue weighted by molar-refractivity contribution is 0.381.